The second kappa shape index (κ2) is 9.37. The first kappa shape index (κ1) is 22.1. The van der Waals surface area contributed by atoms with Gasteiger partial charge in [0, 0.05) is 11.7 Å². The van der Waals surface area contributed by atoms with Crippen molar-refractivity contribution in [2.45, 2.75) is 46.7 Å². The third kappa shape index (κ3) is 5.91. The predicted molar refractivity (Wildman–Crippen MR) is 114 cm³/mol. The van der Waals surface area contributed by atoms with Gasteiger partial charge >= 0.3 is 5.97 Å². The van der Waals surface area contributed by atoms with Gasteiger partial charge in [0.25, 0.3) is 5.91 Å². The minimum atomic E-state index is -1.22. The van der Waals surface area contributed by atoms with E-state index in [4.69, 9.17) is 5.11 Å². The molecule has 5 nitrogen and oxygen atoms in total. The zero-order valence-corrected chi connectivity index (χ0v) is 17.3. The van der Waals surface area contributed by atoms with Gasteiger partial charge in [-0.2, -0.15) is 0 Å². The van der Waals surface area contributed by atoms with Crippen molar-refractivity contribution in [3.63, 3.8) is 0 Å². The minimum Gasteiger partial charge on any atom is -0.480 e. The lowest BCUT2D eigenvalue weighted by atomic mass is 9.94. The van der Waals surface area contributed by atoms with E-state index < -0.39 is 23.7 Å². The Bertz CT molecular complexity index is 934. The number of nitrogens with one attached hydrogen (secondary N) is 2. The van der Waals surface area contributed by atoms with Crippen LogP contribution in [0.3, 0.4) is 0 Å². The van der Waals surface area contributed by atoms with Crippen molar-refractivity contribution in [1.82, 2.24) is 5.32 Å². The Balaban J connectivity index is 2.27. The highest BCUT2D eigenvalue weighted by Gasteiger charge is 2.17. The van der Waals surface area contributed by atoms with Gasteiger partial charge in [-0.3, -0.25) is 9.59 Å². The fraction of sp³-hybridized carbons (Fsp3) is 0.304. The summed E-state index contributed by atoms with van der Waals surface area (Å²) in [5.41, 5.74) is 5.44. The first-order valence-corrected chi connectivity index (χ1v) is 9.47. The number of anilines is 1. The summed E-state index contributed by atoms with van der Waals surface area (Å²) in [5.74, 6) is -3.30. The Morgan fingerprint density at radius 2 is 1.66 bits per heavy atom. The molecule has 0 aliphatic rings. The maximum Gasteiger partial charge on any atom is 0.325 e. The Morgan fingerprint density at radius 3 is 2.21 bits per heavy atom. The van der Waals surface area contributed by atoms with Crippen molar-refractivity contribution in [3.8, 4) is 11.1 Å². The fourth-order valence-electron chi connectivity index (χ4n) is 2.91. The lowest BCUT2D eigenvalue weighted by Crippen LogP contribution is -2.38. The van der Waals surface area contributed by atoms with Crippen molar-refractivity contribution >= 4 is 23.6 Å². The Hall–Kier alpha value is -3.15. The number of carboxylic acids is 1. The number of aryl methyl sites for hydroxylation is 2. The van der Waals surface area contributed by atoms with Crippen LogP contribution in [0.15, 0.2) is 42.2 Å². The molecule has 0 aliphatic carbocycles. The van der Waals surface area contributed by atoms with Gasteiger partial charge in [-0.25, -0.2) is 4.39 Å². The van der Waals surface area contributed by atoms with Crippen molar-refractivity contribution < 1.29 is 19.1 Å². The Labute approximate surface area is 170 Å². The monoisotopic (exact) mass is 398 g/mol. The number of rotatable bonds is 7. The molecule has 0 spiro atoms. The van der Waals surface area contributed by atoms with Gasteiger partial charge in [0.2, 0.25) is 0 Å². The molecule has 0 fully saturated rings. The summed E-state index contributed by atoms with van der Waals surface area (Å²) in [4.78, 5) is 22.6. The molecule has 1 amide bonds. The van der Waals surface area contributed by atoms with E-state index in [0.717, 1.165) is 34.0 Å². The Morgan fingerprint density at radius 1 is 1.03 bits per heavy atom. The summed E-state index contributed by atoms with van der Waals surface area (Å²) < 4.78 is 14.2. The summed E-state index contributed by atoms with van der Waals surface area (Å²) in [7, 11) is 0. The summed E-state index contributed by atoms with van der Waals surface area (Å²) in [6, 6.07) is 11.1. The number of carbonyl (C=O) groups is 2. The third-order valence-corrected chi connectivity index (χ3v) is 4.48. The molecule has 0 radical (unpaired) electrons. The zero-order chi connectivity index (χ0) is 21.7. The molecule has 0 aliphatic heterocycles. The summed E-state index contributed by atoms with van der Waals surface area (Å²) in [6.07, 6.45) is 1.13. The normalized spacial score (nSPS) is 12.6. The average Bonchev–Trinajstić information content (AvgIpc) is 2.64. The molecule has 1 atom stereocenters. The van der Waals surface area contributed by atoms with Crippen LogP contribution in [0.1, 0.15) is 37.5 Å². The van der Waals surface area contributed by atoms with Gasteiger partial charge in [0.1, 0.15) is 6.04 Å². The van der Waals surface area contributed by atoms with E-state index in [-0.39, 0.29) is 0 Å². The van der Waals surface area contributed by atoms with Gasteiger partial charge in [-0.05, 0) is 80.6 Å². The molecule has 2 rings (SSSR count). The van der Waals surface area contributed by atoms with Crippen molar-refractivity contribution in [1.29, 1.82) is 0 Å². The molecule has 0 bridgehead atoms. The number of carboxylic acid groups (broad SMARTS) is 1. The maximum absolute atomic E-state index is 14.2. The van der Waals surface area contributed by atoms with Gasteiger partial charge in [0.15, 0.2) is 5.83 Å². The minimum absolute atomic E-state index is 0.349. The highest BCUT2D eigenvalue weighted by molar-refractivity contribution is 5.97. The molecule has 0 aromatic heterocycles. The quantitative estimate of drug-likeness (QED) is 0.591. The number of hydrogen-bond acceptors (Lipinski definition) is 3. The van der Waals surface area contributed by atoms with Gasteiger partial charge in [0.05, 0.1) is 0 Å². The average molecular weight is 398 g/mol. The number of benzene rings is 2. The van der Waals surface area contributed by atoms with Crippen LogP contribution < -0.4 is 10.6 Å². The van der Waals surface area contributed by atoms with Crippen LogP contribution in [-0.2, 0) is 9.59 Å². The maximum atomic E-state index is 14.2. The largest absolute Gasteiger partial charge is 0.480 e. The van der Waals surface area contributed by atoms with Crippen molar-refractivity contribution in [3.05, 3.63) is 58.9 Å². The highest BCUT2D eigenvalue weighted by atomic mass is 19.1. The molecule has 2 aromatic carbocycles. The molecule has 0 heterocycles. The topological polar surface area (TPSA) is 78.4 Å². The first-order chi connectivity index (χ1) is 13.6. The van der Waals surface area contributed by atoms with E-state index in [2.05, 4.69) is 24.5 Å². The lowest BCUT2D eigenvalue weighted by Gasteiger charge is -2.13. The fourth-order valence-corrected chi connectivity index (χ4v) is 2.91. The molecule has 0 saturated carbocycles. The van der Waals surface area contributed by atoms with Gasteiger partial charge in [-0.1, -0.05) is 24.3 Å². The van der Waals surface area contributed by atoms with E-state index in [1.165, 1.54) is 6.92 Å². The zero-order valence-electron chi connectivity index (χ0n) is 17.3. The van der Waals surface area contributed by atoms with E-state index >= 15 is 0 Å². The molecule has 29 heavy (non-hydrogen) atoms. The molecule has 2 aromatic rings. The Kier molecular flexibility index (Phi) is 7.15. The van der Waals surface area contributed by atoms with E-state index in [9.17, 15) is 14.0 Å². The van der Waals surface area contributed by atoms with Crippen LogP contribution in [0.2, 0.25) is 0 Å². The second-order valence-corrected chi connectivity index (χ2v) is 7.43. The molecule has 3 N–H and O–H groups in total. The second-order valence-electron chi connectivity index (χ2n) is 7.43. The van der Waals surface area contributed by atoms with Gasteiger partial charge in [-0.15, -0.1) is 0 Å². The number of hydrogen-bond donors (Lipinski definition) is 3. The summed E-state index contributed by atoms with van der Waals surface area (Å²) >= 11 is 0. The van der Waals surface area contributed by atoms with Crippen LogP contribution >= 0.6 is 0 Å². The SMILES string of the molecule is Cc1cc(-c2ccc(NC(C)C)cc2)c(C)cc1C=C(F)C(=O)N[C@H](C)C(=O)O. The summed E-state index contributed by atoms with van der Waals surface area (Å²) in [5, 5.41) is 14.3. The predicted octanol–water partition coefficient (Wildman–Crippen LogP) is 4.69. The smallest absolute Gasteiger partial charge is 0.325 e. The van der Waals surface area contributed by atoms with Crippen LogP contribution in [0.5, 0.6) is 0 Å². The van der Waals surface area contributed by atoms with Crippen LogP contribution in [0, 0.1) is 13.8 Å². The number of carbonyl (C=O) groups excluding carboxylic acids is 1. The molecular weight excluding hydrogens is 371 g/mol. The summed E-state index contributed by atoms with van der Waals surface area (Å²) in [6.45, 7) is 9.20. The number of aliphatic carboxylic acids is 1. The van der Waals surface area contributed by atoms with E-state index in [0.29, 0.717) is 11.6 Å². The lowest BCUT2D eigenvalue weighted by molar-refractivity contribution is -0.140. The van der Waals surface area contributed by atoms with E-state index in [1.807, 2.05) is 50.2 Å². The van der Waals surface area contributed by atoms with Gasteiger partial charge < -0.3 is 15.7 Å². The first-order valence-electron chi connectivity index (χ1n) is 9.47. The molecule has 154 valence electrons. The standard InChI is InChI=1S/C23H27FN2O3/c1-13(2)25-19-8-6-17(7-9-19)20-11-14(3)18(10-15(20)4)12-21(24)22(27)26-16(5)23(28)29/h6-13,16,25H,1-5H3,(H,26,27)(H,28,29)/t16-/m1/s1. The van der Waals surface area contributed by atoms with Crippen LogP contribution in [-0.4, -0.2) is 29.1 Å². The highest BCUT2D eigenvalue weighted by Crippen LogP contribution is 2.29. The van der Waals surface area contributed by atoms with Crippen LogP contribution in [0.25, 0.3) is 17.2 Å². The number of halogens is 1. The van der Waals surface area contributed by atoms with Crippen LogP contribution in [0.4, 0.5) is 10.1 Å². The van der Waals surface area contributed by atoms with Crippen molar-refractivity contribution in [2.24, 2.45) is 0 Å². The van der Waals surface area contributed by atoms with E-state index in [1.54, 1.807) is 0 Å². The molecule has 0 saturated heterocycles. The molecule has 6 heteroatoms. The van der Waals surface area contributed by atoms with Crippen molar-refractivity contribution in [2.75, 3.05) is 5.32 Å². The molecule has 0 unspecified atom stereocenters. The number of amides is 1. The third-order valence-electron chi connectivity index (χ3n) is 4.48. The molecular formula is C23H27FN2O3.